The molecule has 2 aromatic heterocycles. The highest BCUT2D eigenvalue weighted by atomic mass is 32.2. The number of carbonyl (C=O) groups excluding carboxylic acids is 1. The first-order valence-electron chi connectivity index (χ1n) is 8.93. The number of nitrogens with one attached hydrogen (secondary N) is 3. The van der Waals surface area contributed by atoms with Gasteiger partial charge < -0.3 is 14.7 Å². The van der Waals surface area contributed by atoms with Gasteiger partial charge in [0.15, 0.2) is 0 Å². The minimum atomic E-state index is -4.19. The number of carbonyl (C=O) groups is 1. The fourth-order valence-corrected chi connectivity index (χ4v) is 4.36. The standard InChI is InChI=1S/C20H16FN3O5S/c1-2-29-20(26)13-10-22-18-17(13)12-9-11(7-8-15(12)23-19(18)25)24-30(27,28)16-6-4-3-5-14(16)21/h3-10,22,24H,2H2,1H3,(H,23,25). The number of fused-ring (bicyclic) bond motifs is 3. The summed E-state index contributed by atoms with van der Waals surface area (Å²) in [6, 6.07) is 9.39. The first-order chi connectivity index (χ1) is 14.3. The number of benzene rings is 2. The van der Waals surface area contributed by atoms with E-state index in [4.69, 9.17) is 4.74 Å². The van der Waals surface area contributed by atoms with Crippen molar-refractivity contribution in [3.05, 3.63) is 70.4 Å². The fraction of sp³-hybridized carbons (Fsp3) is 0.100. The van der Waals surface area contributed by atoms with Crippen molar-refractivity contribution in [1.82, 2.24) is 9.97 Å². The third-order valence-electron chi connectivity index (χ3n) is 4.52. The summed E-state index contributed by atoms with van der Waals surface area (Å²) in [6.07, 6.45) is 1.37. The Bertz CT molecular complexity index is 1460. The molecule has 4 aromatic rings. The van der Waals surface area contributed by atoms with Crippen LogP contribution in [0.15, 0.2) is 58.4 Å². The van der Waals surface area contributed by atoms with Crippen LogP contribution in [-0.2, 0) is 14.8 Å². The normalized spacial score (nSPS) is 11.7. The van der Waals surface area contributed by atoms with Crippen LogP contribution in [0.3, 0.4) is 0 Å². The Hall–Kier alpha value is -3.66. The van der Waals surface area contributed by atoms with Gasteiger partial charge in [-0.3, -0.25) is 9.52 Å². The van der Waals surface area contributed by atoms with Crippen LogP contribution >= 0.6 is 0 Å². The number of halogens is 1. The van der Waals surface area contributed by atoms with Crippen LogP contribution in [0, 0.1) is 5.82 Å². The summed E-state index contributed by atoms with van der Waals surface area (Å²) in [5.74, 6) is -1.50. The Labute approximate surface area is 169 Å². The van der Waals surface area contributed by atoms with Crippen LogP contribution in [0.2, 0.25) is 0 Å². The van der Waals surface area contributed by atoms with Gasteiger partial charge in [-0.15, -0.1) is 0 Å². The maximum Gasteiger partial charge on any atom is 0.340 e. The molecule has 0 aliphatic heterocycles. The molecule has 154 valence electrons. The zero-order chi connectivity index (χ0) is 21.5. The average Bonchev–Trinajstić information content (AvgIpc) is 3.15. The van der Waals surface area contributed by atoms with Gasteiger partial charge in [-0.2, -0.15) is 0 Å². The number of hydrogen-bond acceptors (Lipinski definition) is 5. The SMILES string of the molecule is CCOC(=O)c1c[nH]c2c(=O)[nH]c3ccc(NS(=O)(=O)c4ccccc4F)cc3c12. The maximum atomic E-state index is 14.0. The van der Waals surface area contributed by atoms with Crippen LogP contribution < -0.4 is 10.3 Å². The molecule has 0 fully saturated rings. The van der Waals surface area contributed by atoms with Crippen LogP contribution in [0.4, 0.5) is 10.1 Å². The lowest BCUT2D eigenvalue weighted by Gasteiger charge is -2.10. The summed E-state index contributed by atoms with van der Waals surface area (Å²) in [4.78, 5) is 29.6. The molecule has 0 unspecified atom stereocenters. The second-order valence-corrected chi connectivity index (χ2v) is 8.07. The van der Waals surface area contributed by atoms with E-state index in [9.17, 15) is 22.4 Å². The number of hydrogen-bond donors (Lipinski definition) is 3. The fourth-order valence-electron chi connectivity index (χ4n) is 3.23. The number of ether oxygens (including phenoxy) is 1. The summed E-state index contributed by atoms with van der Waals surface area (Å²) in [7, 11) is -4.19. The zero-order valence-electron chi connectivity index (χ0n) is 15.7. The van der Waals surface area contributed by atoms with E-state index in [1.807, 2.05) is 0 Å². The lowest BCUT2D eigenvalue weighted by atomic mass is 10.1. The van der Waals surface area contributed by atoms with Crippen molar-refractivity contribution < 1.29 is 22.3 Å². The number of aromatic nitrogens is 2. The van der Waals surface area contributed by atoms with Crippen LogP contribution in [0.5, 0.6) is 0 Å². The molecular weight excluding hydrogens is 413 g/mol. The van der Waals surface area contributed by atoms with Crippen molar-refractivity contribution in [2.45, 2.75) is 11.8 Å². The molecule has 0 saturated heterocycles. The average molecular weight is 429 g/mol. The second-order valence-electron chi connectivity index (χ2n) is 6.42. The quantitative estimate of drug-likeness (QED) is 0.421. The Morgan fingerprint density at radius 3 is 2.70 bits per heavy atom. The number of aromatic amines is 2. The number of H-pyrrole nitrogens is 2. The van der Waals surface area contributed by atoms with E-state index in [1.165, 1.54) is 36.5 Å². The molecule has 2 aromatic carbocycles. The first kappa shape index (κ1) is 19.6. The third kappa shape index (κ3) is 3.30. The van der Waals surface area contributed by atoms with Crippen LogP contribution in [-0.4, -0.2) is 31.0 Å². The van der Waals surface area contributed by atoms with E-state index in [1.54, 1.807) is 6.92 Å². The van der Waals surface area contributed by atoms with Crippen molar-refractivity contribution in [3.8, 4) is 0 Å². The number of sulfonamides is 1. The van der Waals surface area contributed by atoms with E-state index in [-0.39, 0.29) is 23.4 Å². The molecule has 0 amide bonds. The molecule has 3 N–H and O–H groups in total. The predicted octanol–water partition coefficient (Wildman–Crippen LogP) is 3.13. The van der Waals surface area contributed by atoms with Crippen molar-refractivity contribution in [3.63, 3.8) is 0 Å². The van der Waals surface area contributed by atoms with Crippen molar-refractivity contribution in [2.24, 2.45) is 0 Å². The monoisotopic (exact) mass is 429 g/mol. The highest BCUT2D eigenvalue weighted by Gasteiger charge is 2.21. The minimum Gasteiger partial charge on any atom is -0.462 e. The molecule has 0 aliphatic rings. The molecule has 0 aliphatic carbocycles. The molecule has 0 spiro atoms. The maximum absolute atomic E-state index is 14.0. The van der Waals surface area contributed by atoms with Crippen molar-refractivity contribution >= 4 is 43.5 Å². The van der Waals surface area contributed by atoms with Gasteiger partial charge in [-0.1, -0.05) is 12.1 Å². The molecule has 0 radical (unpaired) electrons. The Morgan fingerprint density at radius 1 is 1.20 bits per heavy atom. The topological polar surface area (TPSA) is 121 Å². The van der Waals surface area contributed by atoms with E-state index in [0.29, 0.717) is 16.3 Å². The molecule has 0 saturated carbocycles. The highest BCUT2D eigenvalue weighted by Crippen LogP contribution is 2.28. The molecule has 10 heteroatoms. The van der Waals surface area contributed by atoms with Crippen LogP contribution in [0.25, 0.3) is 21.8 Å². The molecule has 0 bridgehead atoms. The lowest BCUT2D eigenvalue weighted by Crippen LogP contribution is -2.14. The number of pyridine rings is 1. The number of anilines is 1. The Balaban J connectivity index is 1.88. The van der Waals surface area contributed by atoms with Gasteiger partial charge in [0.05, 0.1) is 12.2 Å². The number of esters is 1. The van der Waals surface area contributed by atoms with E-state index < -0.39 is 32.3 Å². The predicted molar refractivity (Wildman–Crippen MR) is 110 cm³/mol. The van der Waals surface area contributed by atoms with Gasteiger partial charge in [-0.25, -0.2) is 17.6 Å². The van der Waals surface area contributed by atoms with Gasteiger partial charge in [0.2, 0.25) is 0 Å². The first-order valence-corrected chi connectivity index (χ1v) is 10.4. The summed E-state index contributed by atoms with van der Waals surface area (Å²) in [5.41, 5.74) is 0.394. The van der Waals surface area contributed by atoms with Gasteiger partial charge in [0.1, 0.15) is 16.2 Å². The molecule has 8 nitrogen and oxygen atoms in total. The second kappa shape index (κ2) is 7.30. The summed E-state index contributed by atoms with van der Waals surface area (Å²) in [5, 5.41) is 0.724. The van der Waals surface area contributed by atoms with Gasteiger partial charge in [-0.05, 0) is 37.3 Å². The lowest BCUT2D eigenvalue weighted by molar-refractivity contribution is 0.0529. The molecule has 4 rings (SSSR count). The van der Waals surface area contributed by atoms with Crippen molar-refractivity contribution in [2.75, 3.05) is 11.3 Å². The summed E-state index contributed by atoms with van der Waals surface area (Å²) >= 11 is 0. The highest BCUT2D eigenvalue weighted by molar-refractivity contribution is 7.92. The van der Waals surface area contributed by atoms with Gasteiger partial charge >= 0.3 is 5.97 Å². The molecule has 2 heterocycles. The summed E-state index contributed by atoms with van der Waals surface area (Å²) in [6.45, 7) is 1.81. The smallest absolute Gasteiger partial charge is 0.340 e. The molecule has 0 atom stereocenters. The van der Waals surface area contributed by atoms with E-state index >= 15 is 0 Å². The Morgan fingerprint density at radius 2 is 1.97 bits per heavy atom. The molecular formula is C20H16FN3O5S. The minimum absolute atomic E-state index is 0.134. The summed E-state index contributed by atoms with van der Waals surface area (Å²) < 4.78 is 46.5. The Kier molecular flexibility index (Phi) is 4.78. The zero-order valence-corrected chi connectivity index (χ0v) is 16.5. The number of rotatable bonds is 5. The van der Waals surface area contributed by atoms with Crippen molar-refractivity contribution in [1.29, 1.82) is 0 Å². The van der Waals surface area contributed by atoms with Gasteiger partial charge in [0, 0.05) is 28.2 Å². The largest absolute Gasteiger partial charge is 0.462 e. The van der Waals surface area contributed by atoms with Crippen LogP contribution in [0.1, 0.15) is 17.3 Å². The third-order valence-corrected chi connectivity index (χ3v) is 5.93. The van der Waals surface area contributed by atoms with E-state index in [0.717, 1.165) is 12.1 Å². The molecule has 30 heavy (non-hydrogen) atoms. The van der Waals surface area contributed by atoms with E-state index in [2.05, 4.69) is 14.7 Å². The van der Waals surface area contributed by atoms with Gasteiger partial charge in [0.25, 0.3) is 15.6 Å².